The van der Waals surface area contributed by atoms with E-state index in [2.05, 4.69) is 28.3 Å². The number of amides is 1. The van der Waals surface area contributed by atoms with E-state index in [1.54, 1.807) is 0 Å². The van der Waals surface area contributed by atoms with E-state index in [0.717, 1.165) is 28.1 Å². The van der Waals surface area contributed by atoms with Crippen LogP contribution in [0.1, 0.15) is 43.2 Å². The largest absolute Gasteiger partial charge is 0.489 e. The highest BCUT2D eigenvalue weighted by molar-refractivity contribution is 6.38. The third kappa shape index (κ3) is 7.70. The molecule has 0 atom stereocenters. The lowest BCUT2D eigenvalue weighted by Gasteiger charge is -2.30. The van der Waals surface area contributed by atoms with Gasteiger partial charge in [0.05, 0.1) is 11.1 Å². The van der Waals surface area contributed by atoms with Gasteiger partial charge in [-0.1, -0.05) is 65.3 Å². The van der Waals surface area contributed by atoms with Crippen molar-refractivity contribution >= 4 is 34.0 Å². The van der Waals surface area contributed by atoms with Gasteiger partial charge in [0.15, 0.2) is 0 Å². The smallest absolute Gasteiger partial charge is 0.266 e. The monoisotopic (exact) mass is 507 g/mol. The molecule has 190 valence electrons. The topological polar surface area (TPSA) is 88.2 Å². The van der Waals surface area contributed by atoms with Gasteiger partial charge in [-0.05, 0) is 92.2 Å². The molecule has 6 nitrogen and oxygen atoms in total. The Hall–Kier alpha value is -3.09. The van der Waals surface area contributed by atoms with E-state index in [1.807, 2.05) is 42.5 Å². The number of halogens is 1. The minimum Gasteiger partial charge on any atom is -0.489 e. The average molecular weight is 508 g/mol. The standard InChI is InChI=1S/C15H20ClNO.C14H14N2O2/c16-14-11-12(3-1-8-17-9-2-10-17)4-7-15(14)18-13-5-6-13;15-14(17)13(16-18)8-6-10-5-7-11-3-1-2-4-12(11)9-10/h4,7,11,13H,1-3,5-6,8-10H2;1-5,7,9,18H,6,8H2,(H2,15,17)/b;16-13+. The number of aryl methyl sites for hydroxylation is 2. The number of hydrogen-bond donors (Lipinski definition) is 2. The highest BCUT2D eigenvalue weighted by Crippen LogP contribution is 2.32. The van der Waals surface area contributed by atoms with Crippen molar-refractivity contribution in [3.8, 4) is 5.75 Å². The van der Waals surface area contributed by atoms with Crippen LogP contribution in [0.2, 0.25) is 5.02 Å². The Bertz CT molecular complexity index is 1210. The van der Waals surface area contributed by atoms with Gasteiger partial charge < -0.3 is 20.6 Å². The third-order valence-electron chi connectivity index (χ3n) is 6.57. The van der Waals surface area contributed by atoms with Gasteiger partial charge in [-0.2, -0.15) is 0 Å². The second-order valence-corrected chi connectivity index (χ2v) is 9.88. The fourth-order valence-corrected chi connectivity index (χ4v) is 4.40. The number of fused-ring (bicyclic) bond motifs is 1. The predicted molar refractivity (Wildman–Crippen MR) is 145 cm³/mol. The lowest BCUT2D eigenvalue weighted by Crippen LogP contribution is -2.37. The number of oxime groups is 1. The molecule has 5 rings (SSSR count). The molecule has 36 heavy (non-hydrogen) atoms. The Morgan fingerprint density at radius 3 is 2.39 bits per heavy atom. The van der Waals surface area contributed by atoms with Crippen molar-refractivity contribution in [1.82, 2.24) is 4.90 Å². The first-order valence-electron chi connectivity index (χ1n) is 12.7. The minimum absolute atomic E-state index is 0.00292. The Labute approximate surface area is 217 Å². The Balaban J connectivity index is 0.000000169. The van der Waals surface area contributed by atoms with Gasteiger partial charge in [0, 0.05) is 6.42 Å². The average Bonchev–Trinajstić information content (AvgIpc) is 3.67. The second-order valence-electron chi connectivity index (χ2n) is 9.47. The molecule has 3 N–H and O–H groups in total. The fourth-order valence-electron chi connectivity index (χ4n) is 4.15. The molecule has 1 saturated carbocycles. The summed E-state index contributed by atoms with van der Waals surface area (Å²) < 4.78 is 5.74. The molecule has 0 spiro atoms. The molecule has 2 aliphatic rings. The van der Waals surface area contributed by atoms with Crippen LogP contribution in [0.25, 0.3) is 10.8 Å². The number of carbonyl (C=O) groups is 1. The van der Waals surface area contributed by atoms with E-state index in [4.69, 9.17) is 27.3 Å². The molecule has 1 aliphatic carbocycles. The normalized spacial score (nSPS) is 15.6. The maximum atomic E-state index is 10.9. The van der Waals surface area contributed by atoms with Crippen LogP contribution in [-0.4, -0.2) is 47.5 Å². The number of likely N-dealkylation sites (tertiary alicyclic amines) is 1. The number of benzene rings is 3. The first kappa shape index (κ1) is 26.0. The first-order chi connectivity index (χ1) is 17.5. The highest BCUT2D eigenvalue weighted by atomic mass is 35.5. The van der Waals surface area contributed by atoms with E-state index < -0.39 is 5.91 Å². The molecular formula is C29H34ClN3O3. The van der Waals surface area contributed by atoms with Gasteiger partial charge in [0.2, 0.25) is 0 Å². The quantitative estimate of drug-likeness (QED) is 0.212. The number of nitrogens with zero attached hydrogens (tertiary/aromatic N) is 2. The molecule has 3 aromatic rings. The van der Waals surface area contributed by atoms with E-state index in [-0.39, 0.29) is 5.71 Å². The predicted octanol–water partition coefficient (Wildman–Crippen LogP) is 5.61. The molecule has 1 aliphatic heterocycles. The minimum atomic E-state index is -0.682. The van der Waals surface area contributed by atoms with Crippen LogP contribution in [-0.2, 0) is 17.6 Å². The summed E-state index contributed by atoms with van der Waals surface area (Å²) in [7, 11) is 0. The van der Waals surface area contributed by atoms with Crippen LogP contribution in [0.3, 0.4) is 0 Å². The number of primary amides is 1. The Morgan fingerprint density at radius 2 is 1.75 bits per heavy atom. The first-order valence-corrected chi connectivity index (χ1v) is 13.1. The summed E-state index contributed by atoms with van der Waals surface area (Å²) in [5, 5.41) is 14.6. The number of carbonyl (C=O) groups excluding carboxylic acids is 1. The van der Waals surface area contributed by atoms with Gasteiger partial charge in [-0.15, -0.1) is 0 Å². The van der Waals surface area contributed by atoms with Gasteiger partial charge in [0.1, 0.15) is 11.5 Å². The maximum Gasteiger partial charge on any atom is 0.266 e. The van der Waals surface area contributed by atoms with Crippen LogP contribution < -0.4 is 10.5 Å². The van der Waals surface area contributed by atoms with Gasteiger partial charge in [-0.3, -0.25) is 4.79 Å². The molecule has 0 unspecified atom stereocenters. The molecule has 1 amide bonds. The van der Waals surface area contributed by atoms with Crippen molar-refractivity contribution in [3.63, 3.8) is 0 Å². The van der Waals surface area contributed by atoms with E-state index in [9.17, 15) is 4.79 Å². The third-order valence-corrected chi connectivity index (χ3v) is 6.87. The lowest BCUT2D eigenvalue weighted by molar-refractivity contribution is -0.112. The lowest BCUT2D eigenvalue weighted by atomic mass is 10.0. The fraction of sp³-hybridized carbons (Fsp3) is 0.379. The van der Waals surface area contributed by atoms with Crippen molar-refractivity contribution in [2.45, 2.75) is 51.0 Å². The van der Waals surface area contributed by atoms with Crippen molar-refractivity contribution in [2.24, 2.45) is 10.9 Å². The number of ether oxygens (including phenoxy) is 1. The number of rotatable bonds is 10. The van der Waals surface area contributed by atoms with E-state index in [1.165, 1.54) is 56.3 Å². The molecular weight excluding hydrogens is 474 g/mol. The van der Waals surface area contributed by atoms with Crippen LogP contribution in [0.5, 0.6) is 5.75 Å². The molecule has 2 fully saturated rings. The summed E-state index contributed by atoms with van der Waals surface area (Å²) in [6.45, 7) is 3.79. The second kappa shape index (κ2) is 12.7. The zero-order valence-electron chi connectivity index (χ0n) is 20.5. The van der Waals surface area contributed by atoms with E-state index >= 15 is 0 Å². The highest BCUT2D eigenvalue weighted by Gasteiger charge is 2.24. The molecule has 0 aromatic heterocycles. The van der Waals surface area contributed by atoms with E-state index in [0.29, 0.717) is 18.9 Å². The van der Waals surface area contributed by atoms with Gasteiger partial charge >= 0.3 is 0 Å². The number of hydrogen-bond acceptors (Lipinski definition) is 5. The van der Waals surface area contributed by atoms with Gasteiger partial charge in [-0.25, -0.2) is 0 Å². The van der Waals surface area contributed by atoms with Crippen molar-refractivity contribution < 1.29 is 14.7 Å². The Kier molecular flexibility index (Phi) is 9.20. The molecule has 1 saturated heterocycles. The zero-order chi connectivity index (χ0) is 25.3. The molecule has 0 radical (unpaired) electrons. The summed E-state index contributed by atoms with van der Waals surface area (Å²) >= 11 is 6.25. The zero-order valence-corrected chi connectivity index (χ0v) is 21.3. The van der Waals surface area contributed by atoms with Crippen LogP contribution in [0.15, 0.2) is 65.8 Å². The molecule has 7 heteroatoms. The van der Waals surface area contributed by atoms with Crippen LogP contribution in [0.4, 0.5) is 0 Å². The summed E-state index contributed by atoms with van der Waals surface area (Å²) in [4.78, 5) is 13.4. The van der Waals surface area contributed by atoms with Crippen LogP contribution in [0, 0.1) is 0 Å². The SMILES string of the molecule is Clc1cc(CCCN2CCC2)ccc1OC1CC1.NC(=O)/C(CCc1ccc2ccccc2c1)=N/O. The summed E-state index contributed by atoms with van der Waals surface area (Å²) in [6, 6.07) is 20.4. The Morgan fingerprint density at radius 1 is 1.03 bits per heavy atom. The van der Waals surface area contributed by atoms with Crippen molar-refractivity contribution in [3.05, 3.63) is 76.8 Å². The molecule has 0 bridgehead atoms. The maximum absolute atomic E-state index is 10.9. The van der Waals surface area contributed by atoms with Crippen LogP contribution >= 0.6 is 11.6 Å². The summed E-state index contributed by atoms with van der Waals surface area (Å²) in [5.74, 6) is 0.170. The number of nitrogens with two attached hydrogens (primary N) is 1. The molecule has 1 heterocycles. The van der Waals surface area contributed by atoms with Gasteiger partial charge in [0.25, 0.3) is 5.91 Å². The van der Waals surface area contributed by atoms with Crippen molar-refractivity contribution in [1.29, 1.82) is 0 Å². The summed E-state index contributed by atoms with van der Waals surface area (Å²) in [6.07, 6.45) is 7.43. The summed E-state index contributed by atoms with van der Waals surface area (Å²) in [5.41, 5.74) is 7.48. The van der Waals surface area contributed by atoms with Crippen molar-refractivity contribution in [2.75, 3.05) is 19.6 Å². The molecule has 3 aromatic carbocycles.